The van der Waals surface area contributed by atoms with Crippen molar-refractivity contribution in [2.45, 2.75) is 19.4 Å². The van der Waals surface area contributed by atoms with Crippen molar-refractivity contribution in [1.29, 1.82) is 0 Å². The first-order chi connectivity index (χ1) is 4.31. The molecule has 0 aromatic rings. The zero-order valence-corrected chi connectivity index (χ0v) is 6.22. The smallest absolute Gasteiger partial charge is 0.00703 e. The van der Waals surface area contributed by atoms with Gasteiger partial charge in [-0.3, -0.25) is 0 Å². The van der Waals surface area contributed by atoms with E-state index >= 15 is 0 Å². The molecule has 0 amide bonds. The van der Waals surface area contributed by atoms with Gasteiger partial charge in [0.25, 0.3) is 0 Å². The van der Waals surface area contributed by atoms with Crippen molar-refractivity contribution in [2.75, 3.05) is 7.05 Å². The van der Waals surface area contributed by atoms with Crippen LogP contribution in [0.1, 0.15) is 13.3 Å². The molecule has 1 unspecified atom stereocenters. The van der Waals surface area contributed by atoms with E-state index in [1.165, 1.54) is 0 Å². The van der Waals surface area contributed by atoms with E-state index in [0.717, 1.165) is 6.42 Å². The predicted molar refractivity (Wildman–Crippen MR) is 42.5 cm³/mol. The summed E-state index contributed by atoms with van der Waals surface area (Å²) in [6.45, 7) is 5.72. The zero-order chi connectivity index (χ0) is 7.11. The van der Waals surface area contributed by atoms with Crippen molar-refractivity contribution in [3.8, 4) is 0 Å². The summed E-state index contributed by atoms with van der Waals surface area (Å²) in [6, 6.07) is 0.571. The van der Waals surface area contributed by atoms with Crippen LogP contribution in [-0.4, -0.2) is 13.1 Å². The Morgan fingerprint density at radius 1 is 1.67 bits per heavy atom. The number of hydrogen-bond donors (Lipinski definition) is 1. The van der Waals surface area contributed by atoms with Crippen molar-refractivity contribution >= 4 is 0 Å². The van der Waals surface area contributed by atoms with Crippen LogP contribution in [-0.2, 0) is 0 Å². The first kappa shape index (κ1) is 8.44. The van der Waals surface area contributed by atoms with Gasteiger partial charge in [-0.05, 0) is 20.4 Å². The SMILES string of the molecule is C=C/C=C\CC(C)NC. The second-order valence-corrected chi connectivity index (χ2v) is 2.09. The van der Waals surface area contributed by atoms with Gasteiger partial charge in [0.1, 0.15) is 0 Å². The lowest BCUT2D eigenvalue weighted by molar-refractivity contribution is 0.620. The lowest BCUT2D eigenvalue weighted by Crippen LogP contribution is -2.19. The Balaban J connectivity index is 3.25. The monoisotopic (exact) mass is 125 g/mol. The molecule has 52 valence electrons. The third kappa shape index (κ3) is 5.31. The average molecular weight is 125 g/mol. The lowest BCUT2D eigenvalue weighted by atomic mass is 10.2. The quantitative estimate of drug-likeness (QED) is 0.564. The Morgan fingerprint density at radius 3 is 2.78 bits per heavy atom. The molecule has 0 spiro atoms. The number of hydrogen-bond acceptors (Lipinski definition) is 1. The largest absolute Gasteiger partial charge is 0.317 e. The summed E-state index contributed by atoms with van der Waals surface area (Å²) < 4.78 is 0. The van der Waals surface area contributed by atoms with Crippen LogP contribution < -0.4 is 5.32 Å². The van der Waals surface area contributed by atoms with Gasteiger partial charge in [-0.15, -0.1) is 0 Å². The van der Waals surface area contributed by atoms with Crippen molar-refractivity contribution in [3.63, 3.8) is 0 Å². The van der Waals surface area contributed by atoms with Crippen molar-refractivity contribution in [1.82, 2.24) is 5.32 Å². The highest BCUT2D eigenvalue weighted by Crippen LogP contribution is 1.89. The van der Waals surface area contributed by atoms with E-state index in [1.807, 2.05) is 13.1 Å². The maximum Gasteiger partial charge on any atom is 0.00703 e. The minimum atomic E-state index is 0.571. The molecule has 0 radical (unpaired) electrons. The van der Waals surface area contributed by atoms with Crippen molar-refractivity contribution in [2.24, 2.45) is 0 Å². The third-order valence-corrected chi connectivity index (χ3v) is 1.25. The Labute approximate surface area is 57.5 Å². The molecule has 0 heterocycles. The van der Waals surface area contributed by atoms with Crippen molar-refractivity contribution < 1.29 is 0 Å². The summed E-state index contributed by atoms with van der Waals surface area (Å²) in [7, 11) is 1.96. The molecule has 0 bridgehead atoms. The fourth-order valence-corrected chi connectivity index (χ4v) is 0.497. The highest BCUT2D eigenvalue weighted by Gasteiger charge is 1.89. The highest BCUT2D eigenvalue weighted by molar-refractivity contribution is 4.97. The van der Waals surface area contributed by atoms with Crippen LogP contribution >= 0.6 is 0 Å². The van der Waals surface area contributed by atoms with Crippen LogP contribution in [0.5, 0.6) is 0 Å². The number of allylic oxidation sites excluding steroid dienone is 2. The molecule has 0 aromatic heterocycles. The molecular weight excluding hydrogens is 110 g/mol. The summed E-state index contributed by atoms with van der Waals surface area (Å²) in [5.74, 6) is 0. The van der Waals surface area contributed by atoms with Gasteiger partial charge in [0.2, 0.25) is 0 Å². The number of rotatable bonds is 4. The Kier molecular flexibility index (Phi) is 5.23. The summed E-state index contributed by atoms with van der Waals surface area (Å²) in [4.78, 5) is 0. The van der Waals surface area contributed by atoms with Gasteiger partial charge in [0.15, 0.2) is 0 Å². The number of nitrogens with one attached hydrogen (secondary N) is 1. The molecule has 0 saturated heterocycles. The van der Waals surface area contributed by atoms with Gasteiger partial charge in [-0.25, -0.2) is 0 Å². The van der Waals surface area contributed by atoms with Crippen LogP contribution in [0, 0.1) is 0 Å². The molecule has 1 heteroatoms. The van der Waals surface area contributed by atoms with E-state index in [9.17, 15) is 0 Å². The van der Waals surface area contributed by atoms with Crippen LogP contribution in [0.4, 0.5) is 0 Å². The molecule has 1 atom stereocenters. The molecule has 0 fully saturated rings. The van der Waals surface area contributed by atoms with Gasteiger partial charge in [0.05, 0.1) is 0 Å². The Hall–Kier alpha value is -0.560. The fraction of sp³-hybridized carbons (Fsp3) is 0.500. The Bertz CT molecular complexity index is 94.7. The Morgan fingerprint density at radius 2 is 2.33 bits per heavy atom. The van der Waals surface area contributed by atoms with Gasteiger partial charge in [-0.1, -0.05) is 24.8 Å². The highest BCUT2D eigenvalue weighted by atomic mass is 14.8. The van der Waals surface area contributed by atoms with E-state index in [-0.39, 0.29) is 0 Å². The maximum absolute atomic E-state index is 3.58. The normalized spacial score (nSPS) is 14.0. The summed E-state index contributed by atoms with van der Waals surface area (Å²) >= 11 is 0. The first-order valence-corrected chi connectivity index (χ1v) is 3.26. The van der Waals surface area contributed by atoms with Crippen LogP contribution in [0.3, 0.4) is 0 Å². The third-order valence-electron chi connectivity index (χ3n) is 1.25. The van der Waals surface area contributed by atoms with E-state index in [2.05, 4.69) is 24.9 Å². The molecular formula is C8H15N. The molecule has 0 aliphatic carbocycles. The summed E-state index contributed by atoms with van der Waals surface area (Å²) in [5.41, 5.74) is 0. The fourth-order valence-electron chi connectivity index (χ4n) is 0.497. The molecule has 0 aliphatic rings. The second kappa shape index (κ2) is 5.57. The van der Waals surface area contributed by atoms with Gasteiger partial charge in [-0.2, -0.15) is 0 Å². The zero-order valence-electron chi connectivity index (χ0n) is 6.22. The lowest BCUT2D eigenvalue weighted by Gasteiger charge is -2.03. The standard InChI is InChI=1S/C8H15N/c1-4-5-6-7-8(2)9-3/h4-6,8-9H,1,7H2,2-3H3/b6-5-. The predicted octanol–water partition coefficient (Wildman–Crippen LogP) is 1.73. The minimum absolute atomic E-state index is 0.571. The van der Waals surface area contributed by atoms with Gasteiger partial charge >= 0.3 is 0 Å². The first-order valence-electron chi connectivity index (χ1n) is 3.26. The molecule has 9 heavy (non-hydrogen) atoms. The molecule has 1 nitrogen and oxygen atoms in total. The van der Waals surface area contributed by atoms with E-state index in [4.69, 9.17) is 0 Å². The molecule has 0 aliphatic heterocycles. The summed E-state index contributed by atoms with van der Waals surface area (Å²) in [5, 5.41) is 3.14. The van der Waals surface area contributed by atoms with Crippen LogP contribution in [0.15, 0.2) is 24.8 Å². The molecule has 0 rings (SSSR count). The van der Waals surface area contributed by atoms with Crippen LogP contribution in [0.2, 0.25) is 0 Å². The average Bonchev–Trinajstić information content (AvgIpc) is 1.89. The molecule has 1 N–H and O–H groups in total. The van der Waals surface area contributed by atoms with Gasteiger partial charge in [0, 0.05) is 6.04 Å². The molecule has 0 aromatic carbocycles. The van der Waals surface area contributed by atoms with Crippen molar-refractivity contribution in [3.05, 3.63) is 24.8 Å². The van der Waals surface area contributed by atoms with E-state index in [0.29, 0.717) is 6.04 Å². The second-order valence-electron chi connectivity index (χ2n) is 2.09. The maximum atomic E-state index is 3.58. The van der Waals surface area contributed by atoms with E-state index in [1.54, 1.807) is 6.08 Å². The van der Waals surface area contributed by atoms with E-state index < -0.39 is 0 Å². The summed E-state index contributed by atoms with van der Waals surface area (Å²) in [6.07, 6.45) is 6.94. The minimum Gasteiger partial charge on any atom is -0.317 e. The van der Waals surface area contributed by atoms with Gasteiger partial charge < -0.3 is 5.32 Å². The topological polar surface area (TPSA) is 12.0 Å². The molecule has 0 saturated carbocycles. The van der Waals surface area contributed by atoms with Crippen LogP contribution in [0.25, 0.3) is 0 Å².